The highest BCUT2D eigenvalue weighted by atomic mass is 79.9. The van der Waals surface area contributed by atoms with E-state index in [-0.39, 0.29) is 34.0 Å². The van der Waals surface area contributed by atoms with Crippen LogP contribution in [0.3, 0.4) is 0 Å². The molecule has 12 heteroatoms. The van der Waals surface area contributed by atoms with Crippen LogP contribution in [-0.2, 0) is 11.5 Å². The van der Waals surface area contributed by atoms with Gasteiger partial charge in [-0.05, 0) is 66.5 Å². The van der Waals surface area contributed by atoms with Crippen molar-refractivity contribution < 1.29 is 23.9 Å². The molecule has 33 heavy (non-hydrogen) atoms. The minimum Gasteiger partial charge on any atom is -0.470 e. The van der Waals surface area contributed by atoms with Gasteiger partial charge in [-0.15, -0.1) is 11.3 Å². The van der Waals surface area contributed by atoms with Crippen molar-refractivity contribution >= 4 is 61.7 Å². The van der Waals surface area contributed by atoms with Gasteiger partial charge in [0.2, 0.25) is 0 Å². The van der Waals surface area contributed by atoms with Gasteiger partial charge >= 0.3 is 5.97 Å². The number of rotatable bonds is 8. The highest BCUT2D eigenvalue weighted by Gasteiger charge is 2.27. The molecule has 0 unspecified atom stereocenters. The van der Waals surface area contributed by atoms with E-state index in [4.69, 9.17) is 26.8 Å². The molecule has 0 atom stereocenters. The fourth-order valence-electron chi connectivity index (χ4n) is 2.81. The summed E-state index contributed by atoms with van der Waals surface area (Å²) in [6.45, 7) is 5.02. The van der Waals surface area contributed by atoms with Gasteiger partial charge in [0.05, 0.1) is 21.0 Å². The van der Waals surface area contributed by atoms with Crippen LogP contribution in [-0.4, -0.2) is 33.7 Å². The molecule has 3 aromatic rings. The number of nitrogens with two attached hydrogens (primary N) is 1. The second-order valence-corrected chi connectivity index (χ2v) is 9.43. The molecule has 0 saturated heterocycles. The molecule has 0 aliphatic rings. The zero-order valence-electron chi connectivity index (χ0n) is 17.8. The largest absolute Gasteiger partial charge is 0.470 e. The molecule has 0 radical (unpaired) electrons. The Morgan fingerprint density at radius 1 is 1.30 bits per heavy atom. The molecule has 2 heterocycles. The number of thiophene rings is 1. The summed E-state index contributed by atoms with van der Waals surface area (Å²) in [6, 6.07) is 6.59. The van der Waals surface area contributed by atoms with Crippen molar-refractivity contribution in [3.8, 4) is 5.75 Å². The number of carbonyl (C=O) groups is 3. The molecule has 2 aromatic heterocycles. The van der Waals surface area contributed by atoms with E-state index < -0.39 is 17.8 Å². The number of primary amides is 1. The van der Waals surface area contributed by atoms with E-state index in [0.29, 0.717) is 20.8 Å². The van der Waals surface area contributed by atoms with Crippen molar-refractivity contribution in [1.82, 2.24) is 9.78 Å². The number of hydrogen-bond acceptors (Lipinski definition) is 7. The van der Waals surface area contributed by atoms with Crippen molar-refractivity contribution in [3.05, 3.63) is 61.7 Å². The Morgan fingerprint density at radius 3 is 2.67 bits per heavy atom. The van der Waals surface area contributed by atoms with Crippen LogP contribution in [0.2, 0.25) is 5.02 Å². The van der Waals surface area contributed by atoms with Gasteiger partial charge in [0.15, 0.2) is 12.4 Å². The Kier molecular flexibility index (Phi) is 7.77. The lowest BCUT2D eigenvalue weighted by Gasteiger charge is -2.10. The molecular formula is C21H20BrClN4O5S. The first kappa shape index (κ1) is 24.7. The molecule has 0 bridgehead atoms. The molecular weight excluding hydrogens is 536 g/mol. The van der Waals surface area contributed by atoms with E-state index in [2.05, 4.69) is 26.3 Å². The van der Waals surface area contributed by atoms with Gasteiger partial charge in [-0.1, -0.05) is 11.6 Å². The predicted octanol–water partition coefficient (Wildman–Crippen LogP) is 4.62. The number of amides is 2. The summed E-state index contributed by atoms with van der Waals surface area (Å²) >= 11 is 10.2. The number of nitrogens with zero attached hydrogens (tertiary/aromatic N) is 2. The molecule has 2 amide bonds. The van der Waals surface area contributed by atoms with Crippen molar-refractivity contribution in [2.75, 3.05) is 5.32 Å². The summed E-state index contributed by atoms with van der Waals surface area (Å²) in [6.07, 6.45) is 1.19. The predicted molar refractivity (Wildman–Crippen MR) is 128 cm³/mol. The van der Waals surface area contributed by atoms with Crippen LogP contribution in [0.1, 0.15) is 49.9 Å². The second kappa shape index (κ2) is 10.4. The number of halogens is 2. The zero-order valence-corrected chi connectivity index (χ0v) is 21.0. The third-order valence-corrected chi connectivity index (χ3v) is 6.34. The molecule has 3 rings (SSSR count). The average molecular weight is 556 g/mol. The summed E-state index contributed by atoms with van der Waals surface area (Å²) in [7, 11) is 0. The molecule has 174 valence electrons. The van der Waals surface area contributed by atoms with Crippen LogP contribution < -0.4 is 15.8 Å². The Labute approximate surface area is 206 Å². The average Bonchev–Trinajstić information content (AvgIpc) is 3.31. The lowest BCUT2D eigenvalue weighted by atomic mass is 10.1. The fraction of sp³-hybridized carbons (Fsp3) is 0.238. The van der Waals surface area contributed by atoms with Gasteiger partial charge < -0.3 is 20.5 Å². The quantitative estimate of drug-likeness (QED) is 0.391. The first-order chi connectivity index (χ1) is 15.6. The van der Waals surface area contributed by atoms with E-state index >= 15 is 0 Å². The number of benzene rings is 1. The number of carbonyl (C=O) groups excluding carboxylic acids is 3. The Balaban J connectivity index is 1.76. The molecule has 0 spiro atoms. The van der Waals surface area contributed by atoms with Crippen LogP contribution in [0.5, 0.6) is 5.75 Å². The molecule has 9 nitrogen and oxygen atoms in total. The van der Waals surface area contributed by atoms with Gasteiger partial charge in [-0.3, -0.25) is 9.59 Å². The topological polar surface area (TPSA) is 126 Å². The summed E-state index contributed by atoms with van der Waals surface area (Å²) in [5.41, 5.74) is 5.93. The second-order valence-electron chi connectivity index (χ2n) is 7.12. The summed E-state index contributed by atoms with van der Waals surface area (Å²) in [5, 5.41) is 7.54. The normalized spacial score (nSPS) is 10.8. The molecule has 1 aromatic carbocycles. The number of esters is 1. The highest BCUT2D eigenvalue weighted by Crippen LogP contribution is 2.34. The minimum absolute atomic E-state index is 0.0450. The first-order valence-corrected chi connectivity index (χ1v) is 11.6. The smallest absolute Gasteiger partial charge is 0.341 e. The first-order valence-electron chi connectivity index (χ1n) is 9.63. The summed E-state index contributed by atoms with van der Waals surface area (Å²) in [4.78, 5) is 37.2. The number of hydrogen-bond donors (Lipinski definition) is 2. The maximum atomic E-state index is 12.8. The molecule has 0 fully saturated rings. The molecule has 0 saturated carbocycles. The van der Waals surface area contributed by atoms with E-state index in [1.54, 1.807) is 45.2 Å². The summed E-state index contributed by atoms with van der Waals surface area (Å²) < 4.78 is 13.0. The van der Waals surface area contributed by atoms with Crippen LogP contribution in [0.25, 0.3) is 0 Å². The molecule has 0 aliphatic carbocycles. The van der Waals surface area contributed by atoms with Crippen molar-refractivity contribution in [2.45, 2.75) is 33.6 Å². The lowest BCUT2D eigenvalue weighted by molar-refractivity contribution is 0.0379. The van der Waals surface area contributed by atoms with E-state index in [1.807, 2.05) is 0 Å². The van der Waals surface area contributed by atoms with Crippen LogP contribution in [0, 0.1) is 6.92 Å². The SMILES string of the molecule is Cc1c(C(N)=O)sc(NC(=O)c2ccn(COc3ccc(Cl)cc3Br)n2)c1C(=O)OC(C)C. The highest BCUT2D eigenvalue weighted by molar-refractivity contribution is 9.10. The van der Waals surface area contributed by atoms with Gasteiger partial charge in [0, 0.05) is 11.2 Å². The van der Waals surface area contributed by atoms with Crippen molar-refractivity contribution in [3.63, 3.8) is 0 Å². The van der Waals surface area contributed by atoms with E-state index in [0.717, 1.165) is 11.3 Å². The van der Waals surface area contributed by atoms with Gasteiger partial charge in [-0.2, -0.15) is 5.10 Å². The lowest BCUT2D eigenvalue weighted by Crippen LogP contribution is -2.18. The van der Waals surface area contributed by atoms with E-state index in [1.165, 1.54) is 10.7 Å². The maximum absolute atomic E-state index is 12.8. The van der Waals surface area contributed by atoms with Crippen LogP contribution >= 0.6 is 38.9 Å². The van der Waals surface area contributed by atoms with Crippen molar-refractivity contribution in [1.29, 1.82) is 0 Å². The zero-order chi connectivity index (χ0) is 24.3. The van der Waals surface area contributed by atoms with Gasteiger partial charge in [-0.25, -0.2) is 9.48 Å². The number of nitrogens with one attached hydrogen (secondary N) is 1. The van der Waals surface area contributed by atoms with E-state index in [9.17, 15) is 14.4 Å². The van der Waals surface area contributed by atoms with Gasteiger partial charge in [0.25, 0.3) is 11.8 Å². The Hall–Kier alpha value is -2.89. The molecule has 0 aliphatic heterocycles. The number of anilines is 1. The number of aromatic nitrogens is 2. The minimum atomic E-state index is -0.702. The monoisotopic (exact) mass is 554 g/mol. The maximum Gasteiger partial charge on any atom is 0.341 e. The van der Waals surface area contributed by atoms with Crippen molar-refractivity contribution in [2.24, 2.45) is 5.73 Å². The third kappa shape index (κ3) is 5.92. The number of ether oxygens (including phenoxy) is 2. The third-order valence-electron chi connectivity index (χ3n) is 4.26. The summed E-state index contributed by atoms with van der Waals surface area (Å²) in [5.74, 6) is -1.38. The van der Waals surface area contributed by atoms with Crippen LogP contribution in [0.4, 0.5) is 5.00 Å². The van der Waals surface area contributed by atoms with Crippen LogP contribution in [0.15, 0.2) is 34.9 Å². The van der Waals surface area contributed by atoms with Gasteiger partial charge in [0.1, 0.15) is 10.8 Å². The fourth-order valence-corrected chi connectivity index (χ4v) is 4.64. The Bertz CT molecular complexity index is 1220. The Morgan fingerprint density at radius 2 is 2.03 bits per heavy atom. The molecule has 3 N–H and O–H groups in total. The standard InChI is InChI=1S/C21H20BrClN4O5S/c1-10(2)32-21(30)16-11(3)17(18(24)28)33-20(16)25-19(29)14-6-7-27(26-14)9-31-15-5-4-12(23)8-13(15)22/h4-8,10H,9H2,1-3H3,(H2,24,28)(H,25,29).